The van der Waals surface area contributed by atoms with E-state index in [0.29, 0.717) is 0 Å². The van der Waals surface area contributed by atoms with Gasteiger partial charge in [-0.15, -0.1) is 12.1 Å². The van der Waals surface area contributed by atoms with Gasteiger partial charge in [-0.1, -0.05) is 41.5 Å². The van der Waals surface area contributed by atoms with Crippen molar-refractivity contribution in [1.29, 1.82) is 0 Å². The second kappa shape index (κ2) is 14.3. The van der Waals surface area contributed by atoms with Crippen molar-refractivity contribution in [1.82, 2.24) is 0 Å². The van der Waals surface area contributed by atoms with Crippen LogP contribution in [0.1, 0.15) is 18.1 Å². The van der Waals surface area contributed by atoms with Gasteiger partial charge in [0.15, 0.2) is 0 Å². The molecule has 0 atom stereocenters. The molecule has 0 nitrogen and oxygen atoms in total. The summed E-state index contributed by atoms with van der Waals surface area (Å²) in [6, 6.07) is 28.1. The molecular weight excluding hydrogens is 414 g/mol. The maximum absolute atomic E-state index is 3.36. The molecule has 0 aromatic heterocycles. The van der Waals surface area contributed by atoms with E-state index in [1.165, 1.54) is 22.3 Å². The molecule has 4 rings (SSSR count). The van der Waals surface area contributed by atoms with Crippen LogP contribution >= 0.6 is 0 Å². The van der Waals surface area contributed by atoms with Crippen molar-refractivity contribution in [3.63, 3.8) is 0 Å². The number of hydrogen-bond acceptors (Lipinski definition) is 0. The van der Waals surface area contributed by atoms with E-state index >= 15 is 0 Å². The summed E-state index contributed by atoms with van der Waals surface area (Å²) >= 11 is 0. The minimum Gasteiger partial charge on any atom is -1.00 e. The Morgan fingerprint density at radius 3 is 2.12 bits per heavy atom. The first-order valence-corrected chi connectivity index (χ1v) is 7.18. The molecule has 1 aliphatic rings. The quantitative estimate of drug-likeness (QED) is 0.263. The largest absolute Gasteiger partial charge is 4.00 e. The summed E-state index contributed by atoms with van der Waals surface area (Å²) in [5.74, 6) is 0. The van der Waals surface area contributed by atoms with Gasteiger partial charge >= 0.3 is 26.2 Å². The summed E-state index contributed by atoms with van der Waals surface area (Å²) in [5, 5.41) is 0. The summed E-state index contributed by atoms with van der Waals surface area (Å²) in [6.07, 6.45) is 2.80. The average Bonchev–Trinajstić information content (AvgIpc) is 3.19. The molecule has 3 aromatic rings. The van der Waals surface area contributed by atoms with Crippen molar-refractivity contribution < 1.29 is 51.0 Å². The molecule has 0 unspecified atom stereocenters. The minimum atomic E-state index is 0. The van der Waals surface area contributed by atoms with Crippen LogP contribution < -0.4 is 24.8 Å². The third-order valence-corrected chi connectivity index (χ3v) is 3.17. The fourth-order valence-electron chi connectivity index (χ4n) is 2.32. The van der Waals surface area contributed by atoms with E-state index in [0.717, 1.165) is 6.42 Å². The van der Waals surface area contributed by atoms with Gasteiger partial charge in [0.05, 0.1) is 0 Å². The number of rotatable bonds is 0. The van der Waals surface area contributed by atoms with Crippen LogP contribution in [0.2, 0.25) is 0 Å². The second-order valence-electron chi connectivity index (χ2n) is 4.77. The number of allylic oxidation sites excluding steroid dienone is 1. The van der Waals surface area contributed by atoms with Gasteiger partial charge < -0.3 is 24.8 Å². The molecule has 0 fully saturated rings. The van der Waals surface area contributed by atoms with Gasteiger partial charge in [0.2, 0.25) is 0 Å². The smallest absolute Gasteiger partial charge is 1.00 e. The number of halogens is 2. The molecule has 0 heterocycles. The zero-order valence-corrected chi connectivity index (χ0v) is 17.6. The van der Waals surface area contributed by atoms with E-state index in [-0.39, 0.29) is 51.0 Å². The second-order valence-corrected chi connectivity index (χ2v) is 4.77. The van der Waals surface area contributed by atoms with Crippen LogP contribution in [0.3, 0.4) is 0 Å². The summed E-state index contributed by atoms with van der Waals surface area (Å²) in [5.41, 5.74) is 5.51. The summed E-state index contributed by atoms with van der Waals surface area (Å²) in [4.78, 5) is 0. The molecule has 0 spiro atoms. The fourth-order valence-corrected chi connectivity index (χ4v) is 2.32. The van der Waals surface area contributed by atoms with E-state index < -0.39 is 0 Å². The van der Waals surface area contributed by atoms with Gasteiger partial charge in [-0.05, 0) is 13.3 Å². The van der Waals surface area contributed by atoms with Crippen molar-refractivity contribution in [2.45, 2.75) is 13.3 Å². The van der Waals surface area contributed by atoms with Crippen LogP contribution in [-0.4, -0.2) is 0 Å². The Hall–Kier alpha value is -1.01. The Kier molecular flexibility index (Phi) is 15.1. The molecular formula is C21H20Cl2Zr. The Labute approximate surface area is 177 Å². The molecule has 0 saturated heterocycles. The Bertz CT molecular complexity index is 615. The molecule has 1 aliphatic carbocycles. The maximum atomic E-state index is 3.36. The van der Waals surface area contributed by atoms with Crippen LogP contribution in [0.5, 0.6) is 0 Å². The molecule has 24 heavy (non-hydrogen) atoms. The van der Waals surface area contributed by atoms with Crippen molar-refractivity contribution in [3.05, 3.63) is 103 Å². The van der Waals surface area contributed by atoms with Gasteiger partial charge in [0.1, 0.15) is 0 Å². The molecule has 122 valence electrons. The van der Waals surface area contributed by atoms with Gasteiger partial charge in [-0.3, -0.25) is 0 Å². The average molecular weight is 435 g/mol. The topological polar surface area (TPSA) is 0 Å². The molecule has 0 radical (unpaired) electrons. The molecule has 0 N–H and O–H groups in total. The first kappa shape index (κ1) is 25.2. The normalized spacial score (nSPS) is 8.88. The fraction of sp³-hybridized carbons (Fsp3) is 0.0952. The third-order valence-electron chi connectivity index (χ3n) is 3.17. The predicted octanol–water partition coefficient (Wildman–Crippen LogP) is -0.339. The minimum absolute atomic E-state index is 0. The predicted molar refractivity (Wildman–Crippen MR) is 91.4 cm³/mol. The summed E-state index contributed by atoms with van der Waals surface area (Å²) < 4.78 is 0. The van der Waals surface area contributed by atoms with E-state index in [1.807, 2.05) is 43.3 Å². The SMILES string of the molecule is C=CC.[Cl-].[Cl-].[Zr+4].[c-]1cccc2c1Cc1ccccc1-2.c1cc[cH-]c1. The van der Waals surface area contributed by atoms with Gasteiger partial charge in [0.25, 0.3) is 0 Å². The van der Waals surface area contributed by atoms with Crippen molar-refractivity contribution in [2.24, 2.45) is 0 Å². The number of benzene rings is 2. The van der Waals surface area contributed by atoms with Gasteiger partial charge in [-0.25, -0.2) is 12.1 Å². The van der Waals surface area contributed by atoms with Crippen LogP contribution in [-0.2, 0) is 32.6 Å². The Balaban J connectivity index is 0. The zero-order valence-electron chi connectivity index (χ0n) is 13.7. The third kappa shape index (κ3) is 7.26. The number of fused-ring (bicyclic) bond motifs is 3. The Morgan fingerprint density at radius 2 is 1.54 bits per heavy atom. The van der Waals surface area contributed by atoms with Gasteiger partial charge in [0, 0.05) is 0 Å². The van der Waals surface area contributed by atoms with E-state index in [1.54, 1.807) is 6.08 Å². The number of hydrogen-bond donors (Lipinski definition) is 0. The van der Waals surface area contributed by atoms with Crippen molar-refractivity contribution in [3.8, 4) is 11.1 Å². The van der Waals surface area contributed by atoms with Crippen molar-refractivity contribution >= 4 is 0 Å². The Morgan fingerprint density at radius 1 is 0.958 bits per heavy atom. The van der Waals surface area contributed by atoms with E-state index in [2.05, 4.69) is 49.0 Å². The summed E-state index contributed by atoms with van der Waals surface area (Å²) in [6.45, 7) is 5.25. The first-order chi connectivity index (χ1) is 10.4. The van der Waals surface area contributed by atoms with E-state index in [9.17, 15) is 0 Å². The molecule has 3 heteroatoms. The van der Waals surface area contributed by atoms with Crippen LogP contribution in [0.15, 0.2) is 85.5 Å². The van der Waals surface area contributed by atoms with Crippen LogP contribution in [0, 0.1) is 6.07 Å². The molecule has 0 amide bonds. The molecule has 0 bridgehead atoms. The summed E-state index contributed by atoms with van der Waals surface area (Å²) in [7, 11) is 0. The maximum Gasteiger partial charge on any atom is 4.00 e. The zero-order chi connectivity index (χ0) is 14.9. The van der Waals surface area contributed by atoms with Crippen molar-refractivity contribution in [2.75, 3.05) is 0 Å². The van der Waals surface area contributed by atoms with E-state index in [4.69, 9.17) is 0 Å². The standard InChI is InChI=1S/C13H9.C5H5.C3H6.2ClH.Zr/c1-3-7-12-10(5-1)9-11-6-2-4-8-13(11)12;1-2-4-5-3-1;1-3-2;;;/h1-5,7-8H,9H2;1-5H;3H,1H2,2H3;2*1H;/q2*-1;;;;+4/p-2. The van der Waals surface area contributed by atoms with Crippen LogP contribution in [0.25, 0.3) is 11.1 Å². The monoisotopic (exact) mass is 432 g/mol. The molecule has 0 saturated carbocycles. The molecule has 0 aliphatic heterocycles. The van der Waals surface area contributed by atoms with Crippen LogP contribution in [0.4, 0.5) is 0 Å². The first-order valence-electron chi connectivity index (χ1n) is 7.18. The van der Waals surface area contributed by atoms with Gasteiger partial charge in [-0.2, -0.15) is 48.0 Å². The molecule has 3 aromatic carbocycles.